The van der Waals surface area contributed by atoms with E-state index in [1.54, 1.807) is 17.8 Å². The summed E-state index contributed by atoms with van der Waals surface area (Å²) in [5.41, 5.74) is 6.46. The van der Waals surface area contributed by atoms with Gasteiger partial charge >= 0.3 is 6.18 Å². The van der Waals surface area contributed by atoms with Gasteiger partial charge in [-0.15, -0.1) is 0 Å². The average molecular weight is 275 g/mol. The first-order valence-electron chi connectivity index (χ1n) is 6.07. The maximum absolute atomic E-state index is 12.5. The van der Waals surface area contributed by atoms with E-state index in [1.807, 2.05) is 0 Å². The summed E-state index contributed by atoms with van der Waals surface area (Å²) in [5, 5.41) is 0. The SMILES string of the molecule is Cn1cc(N)cc1C(=O)N1CCC(C(F)(F)F)CC1. The molecule has 0 saturated carbocycles. The van der Waals surface area contributed by atoms with Crippen LogP contribution < -0.4 is 5.73 Å². The van der Waals surface area contributed by atoms with Crippen LogP contribution in [0.25, 0.3) is 0 Å². The number of piperidine rings is 1. The summed E-state index contributed by atoms with van der Waals surface area (Å²) >= 11 is 0. The molecule has 0 spiro atoms. The summed E-state index contributed by atoms with van der Waals surface area (Å²) in [5.74, 6) is -1.56. The van der Waals surface area contributed by atoms with Gasteiger partial charge in [-0.2, -0.15) is 13.2 Å². The molecule has 2 N–H and O–H groups in total. The number of likely N-dealkylation sites (tertiary alicyclic amines) is 1. The Morgan fingerprint density at radius 1 is 1.37 bits per heavy atom. The summed E-state index contributed by atoms with van der Waals surface area (Å²) in [4.78, 5) is 13.6. The standard InChI is InChI=1S/C12H16F3N3O/c1-17-7-9(16)6-10(17)11(19)18-4-2-8(3-5-18)12(13,14)15/h6-8H,2-5,16H2,1H3. The van der Waals surface area contributed by atoms with Crippen molar-refractivity contribution in [2.75, 3.05) is 18.8 Å². The van der Waals surface area contributed by atoms with Gasteiger partial charge in [0.25, 0.3) is 5.91 Å². The Kier molecular flexibility index (Phi) is 3.47. The van der Waals surface area contributed by atoms with Gasteiger partial charge in [0, 0.05) is 26.3 Å². The van der Waals surface area contributed by atoms with Crippen molar-refractivity contribution in [1.82, 2.24) is 9.47 Å². The largest absolute Gasteiger partial charge is 0.397 e. The smallest absolute Gasteiger partial charge is 0.391 e. The van der Waals surface area contributed by atoms with Gasteiger partial charge in [-0.25, -0.2) is 0 Å². The van der Waals surface area contributed by atoms with Crippen LogP contribution in [0.3, 0.4) is 0 Å². The normalized spacial score (nSPS) is 17.8. The summed E-state index contributed by atoms with van der Waals surface area (Å²) in [6, 6.07) is 1.54. The van der Waals surface area contributed by atoms with E-state index in [1.165, 1.54) is 11.0 Å². The Morgan fingerprint density at radius 2 is 1.95 bits per heavy atom. The number of nitrogen functional groups attached to an aromatic ring is 1. The number of nitrogens with two attached hydrogens (primary N) is 1. The number of nitrogens with zero attached hydrogens (tertiary/aromatic N) is 2. The van der Waals surface area contributed by atoms with Crippen molar-refractivity contribution in [3.8, 4) is 0 Å². The molecule has 19 heavy (non-hydrogen) atoms. The predicted molar refractivity (Wildman–Crippen MR) is 64.5 cm³/mol. The van der Waals surface area contributed by atoms with Crippen molar-refractivity contribution in [3.05, 3.63) is 18.0 Å². The lowest BCUT2D eigenvalue weighted by molar-refractivity contribution is -0.183. The van der Waals surface area contributed by atoms with Gasteiger partial charge in [0.15, 0.2) is 0 Å². The summed E-state index contributed by atoms with van der Waals surface area (Å²) < 4.78 is 39.2. The summed E-state index contributed by atoms with van der Waals surface area (Å²) in [7, 11) is 1.69. The lowest BCUT2D eigenvalue weighted by Crippen LogP contribution is -2.42. The highest BCUT2D eigenvalue weighted by atomic mass is 19.4. The first-order valence-corrected chi connectivity index (χ1v) is 6.07. The molecule has 0 unspecified atom stereocenters. The minimum atomic E-state index is -4.16. The van der Waals surface area contributed by atoms with Gasteiger partial charge in [-0.1, -0.05) is 0 Å². The third-order valence-electron chi connectivity index (χ3n) is 3.49. The van der Waals surface area contributed by atoms with E-state index in [2.05, 4.69) is 0 Å². The predicted octanol–water partition coefficient (Wildman–Crippen LogP) is 2.02. The van der Waals surface area contributed by atoms with E-state index in [4.69, 9.17) is 5.73 Å². The zero-order valence-corrected chi connectivity index (χ0v) is 10.6. The number of carbonyl (C=O) groups is 1. The molecule has 1 aliphatic heterocycles. The van der Waals surface area contributed by atoms with E-state index in [-0.39, 0.29) is 31.8 Å². The van der Waals surface area contributed by atoms with Crippen molar-refractivity contribution in [2.24, 2.45) is 13.0 Å². The fraction of sp³-hybridized carbons (Fsp3) is 0.583. The van der Waals surface area contributed by atoms with E-state index < -0.39 is 12.1 Å². The molecule has 1 amide bonds. The number of anilines is 1. The fourth-order valence-corrected chi connectivity index (χ4v) is 2.37. The maximum Gasteiger partial charge on any atom is 0.391 e. The van der Waals surface area contributed by atoms with Crippen molar-refractivity contribution in [2.45, 2.75) is 19.0 Å². The molecule has 1 aliphatic rings. The maximum atomic E-state index is 12.5. The first-order chi connectivity index (χ1) is 8.79. The highest BCUT2D eigenvalue weighted by Gasteiger charge is 2.41. The third kappa shape index (κ3) is 2.85. The molecule has 0 radical (unpaired) electrons. The monoisotopic (exact) mass is 275 g/mol. The Hall–Kier alpha value is -1.66. The van der Waals surface area contributed by atoms with Gasteiger partial charge in [-0.05, 0) is 18.9 Å². The minimum absolute atomic E-state index is 0.0326. The van der Waals surface area contributed by atoms with Crippen molar-refractivity contribution in [1.29, 1.82) is 0 Å². The molecule has 0 aromatic carbocycles. The summed E-state index contributed by atoms with van der Waals surface area (Å²) in [6.07, 6.45) is -2.62. The van der Waals surface area contributed by atoms with E-state index in [0.29, 0.717) is 11.4 Å². The zero-order valence-electron chi connectivity index (χ0n) is 10.6. The lowest BCUT2D eigenvalue weighted by atomic mass is 9.96. The van der Waals surface area contributed by atoms with Crippen LogP contribution in [0.1, 0.15) is 23.3 Å². The van der Waals surface area contributed by atoms with Crippen LogP contribution in [-0.4, -0.2) is 34.6 Å². The zero-order chi connectivity index (χ0) is 14.2. The van der Waals surface area contributed by atoms with Crippen LogP contribution in [0.4, 0.5) is 18.9 Å². The quantitative estimate of drug-likeness (QED) is 0.852. The molecule has 1 aromatic rings. The molecule has 2 rings (SSSR count). The number of hydrogen-bond donors (Lipinski definition) is 1. The molecular formula is C12H16F3N3O. The second kappa shape index (κ2) is 4.79. The fourth-order valence-electron chi connectivity index (χ4n) is 2.37. The van der Waals surface area contributed by atoms with Crippen molar-refractivity contribution in [3.63, 3.8) is 0 Å². The number of halogens is 3. The van der Waals surface area contributed by atoms with Gasteiger partial charge in [0.1, 0.15) is 5.69 Å². The molecule has 4 nitrogen and oxygen atoms in total. The number of aryl methyl sites for hydroxylation is 1. The average Bonchev–Trinajstić information content (AvgIpc) is 2.66. The van der Waals surface area contributed by atoms with Crippen LogP contribution in [0.2, 0.25) is 0 Å². The third-order valence-corrected chi connectivity index (χ3v) is 3.49. The van der Waals surface area contributed by atoms with Gasteiger partial charge in [0.05, 0.1) is 11.6 Å². The van der Waals surface area contributed by atoms with Crippen LogP contribution in [-0.2, 0) is 7.05 Å². The Balaban J connectivity index is 2.02. The first kappa shape index (κ1) is 13.8. The molecule has 1 saturated heterocycles. The number of alkyl halides is 3. The second-order valence-electron chi connectivity index (χ2n) is 4.88. The molecule has 1 fully saturated rings. The molecular weight excluding hydrogens is 259 g/mol. The van der Waals surface area contributed by atoms with Gasteiger partial charge in [-0.3, -0.25) is 4.79 Å². The number of hydrogen-bond acceptors (Lipinski definition) is 2. The van der Waals surface area contributed by atoms with Crippen molar-refractivity contribution >= 4 is 11.6 Å². The van der Waals surface area contributed by atoms with Crippen LogP contribution in [0.15, 0.2) is 12.3 Å². The second-order valence-corrected chi connectivity index (χ2v) is 4.88. The van der Waals surface area contributed by atoms with Crippen LogP contribution in [0, 0.1) is 5.92 Å². The van der Waals surface area contributed by atoms with E-state index in [0.717, 1.165) is 0 Å². The van der Waals surface area contributed by atoms with E-state index >= 15 is 0 Å². The van der Waals surface area contributed by atoms with Crippen LogP contribution >= 0.6 is 0 Å². The summed E-state index contributed by atoms with van der Waals surface area (Å²) in [6.45, 7) is 0.266. The molecule has 2 heterocycles. The van der Waals surface area contributed by atoms with Crippen LogP contribution in [0.5, 0.6) is 0 Å². The Morgan fingerprint density at radius 3 is 2.37 bits per heavy atom. The minimum Gasteiger partial charge on any atom is -0.397 e. The molecule has 7 heteroatoms. The van der Waals surface area contributed by atoms with E-state index in [9.17, 15) is 18.0 Å². The molecule has 1 aromatic heterocycles. The number of rotatable bonds is 1. The highest BCUT2D eigenvalue weighted by Crippen LogP contribution is 2.34. The molecule has 0 atom stereocenters. The molecule has 106 valence electrons. The Bertz CT molecular complexity index is 473. The van der Waals surface area contributed by atoms with Gasteiger partial charge in [0.2, 0.25) is 0 Å². The number of amides is 1. The topological polar surface area (TPSA) is 51.3 Å². The van der Waals surface area contributed by atoms with Crippen molar-refractivity contribution < 1.29 is 18.0 Å². The highest BCUT2D eigenvalue weighted by molar-refractivity contribution is 5.93. The lowest BCUT2D eigenvalue weighted by Gasteiger charge is -2.32. The molecule has 0 aliphatic carbocycles. The van der Waals surface area contributed by atoms with Gasteiger partial charge < -0.3 is 15.2 Å². The Labute approximate surface area is 109 Å². The number of aromatic nitrogens is 1. The molecule has 0 bridgehead atoms. The number of carbonyl (C=O) groups excluding carboxylic acids is 1.